The Kier molecular flexibility index (Phi) is 6.50. The number of carbonyl (C=O) groups is 3. The van der Waals surface area contributed by atoms with Crippen molar-refractivity contribution in [2.45, 2.75) is 68.9 Å². The molecule has 7 nitrogen and oxygen atoms in total. The van der Waals surface area contributed by atoms with Crippen molar-refractivity contribution in [3.05, 3.63) is 59.7 Å². The van der Waals surface area contributed by atoms with Crippen LogP contribution in [0.1, 0.15) is 68.4 Å². The highest BCUT2D eigenvalue weighted by Gasteiger charge is 2.43. The van der Waals surface area contributed by atoms with Gasteiger partial charge in [0.05, 0.1) is 0 Å². The second kappa shape index (κ2) is 9.72. The molecule has 2 atom stereocenters. The Labute approximate surface area is 205 Å². The lowest BCUT2D eigenvalue weighted by molar-refractivity contribution is -0.147. The van der Waals surface area contributed by atoms with Gasteiger partial charge in [-0.1, -0.05) is 61.4 Å². The van der Waals surface area contributed by atoms with Crippen molar-refractivity contribution in [3.63, 3.8) is 0 Å². The molecular weight excluding hydrogens is 444 g/mol. The van der Waals surface area contributed by atoms with Crippen LogP contribution in [0.25, 0.3) is 11.1 Å². The Morgan fingerprint density at radius 2 is 1.57 bits per heavy atom. The number of benzene rings is 2. The number of nitrogens with one attached hydrogen (secondary N) is 2. The van der Waals surface area contributed by atoms with Crippen LogP contribution in [-0.2, 0) is 14.3 Å². The van der Waals surface area contributed by atoms with E-state index < -0.39 is 17.6 Å². The van der Waals surface area contributed by atoms with Crippen LogP contribution in [0.2, 0.25) is 0 Å². The Morgan fingerprint density at radius 3 is 2.20 bits per heavy atom. The maximum atomic E-state index is 12.6. The minimum Gasteiger partial charge on any atom is -0.480 e. The van der Waals surface area contributed by atoms with E-state index in [-0.39, 0.29) is 36.8 Å². The van der Waals surface area contributed by atoms with Crippen molar-refractivity contribution in [2.24, 2.45) is 5.92 Å². The average Bonchev–Trinajstić information content (AvgIpc) is 3.56. The molecule has 0 aromatic heterocycles. The zero-order valence-corrected chi connectivity index (χ0v) is 19.8. The van der Waals surface area contributed by atoms with Gasteiger partial charge in [0.25, 0.3) is 0 Å². The summed E-state index contributed by atoms with van der Waals surface area (Å²) in [5, 5.41) is 15.3. The van der Waals surface area contributed by atoms with Crippen LogP contribution in [0.15, 0.2) is 48.5 Å². The average molecular weight is 477 g/mol. The number of rotatable bonds is 7. The first-order valence-corrected chi connectivity index (χ1v) is 12.6. The van der Waals surface area contributed by atoms with Crippen LogP contribution in [0.5, 0.6) is 0 Å². The number of amides is 2. The van der Waals surface area contributed by atoms with Gasteiger partial charge in [0.15, 0.2) is 0 Å². The number of fused-ring (bicyclic) bond motifs is 3. The standard InChI is InChI=1S/C28H32N2O5/c31-25(30-28(26(32)33)13-5-6-14-28)16-18-11-12-19(15-18)29-27(34)35-17-24-22-9-3-1-7-20(22)21-8-2-4-10-23(21)24/h1-4,7-10,18-19,24H,5-6,11-17H2,(H,29,34)(H,30,31)(H,32,33)/t18-,19+/m1/s1. The molecule has 0 unspecified atom stereocenters. The van der Waals surface area contributed by atoms with Gasteiger partial charge >= 0.3 is 12.1 Å². The highest BCUT2D eigenvalue weighted by molar-refractivity contribution is 5.87. The largest absolute Gasteiger partial charge is 0.480 e. The van der Waals surface area contributed by atoms with E-state index in [2.05, 4.69) is 34.9 Å². The number of aliphatic carboxylic acids is 1. The molecule has 2 fully saturated rings. The van der Waals surface area contributed by atoms with Crippen LogP contribution < -0.4 is 10.6 Å². The summed E-state index contributed by atoms with van der Waals surface area (Å²) in [7, 11) is 0. The number of hydrogen-bond donors (Lipinski definition) is 3. The monoisotopic (exact) mass is 476 g/mol. The third-order valence-corrected chi connectivity index (χ3v) is 7.93. The van der Waals surface area contributed by atoms with E-state index in [0.717, 1.165) is 25.7 Å². The lowest BCUT2D eigenvalue weighted by Gasteiger charge is -2.26. The lowest BCUT2D eigenvalue weighted by atomic mass is 9.96. The molecule has 3 N–H and O–H groups in total. The van der Waals surface area contributed by atoms with Crippen molar-refractivity contribution in [2.75, 3.05) is 6.61 Å². The molecule has 35 heavy (non-hydrogen) atoms. The maximum Gasteiger partial charge on any atom is 0.407 e. The third-order valence-electron chi connectivity index (χ3n) is 7.93. The van der Waals surface area contributed by atoms with E-state index in [4.69, 9.17) is 4.74 Å². The molecule has 3 aliphatic carbocycles. The minimum absolute atomic E-state index is 0.0188. The molecule has 2 aromatic carbocycles. The van der Waals surface area contributed by atoms with Crippen molar-refractivity contribution in [1.82, 2.24) is 10.6 Å². The molecule has 184 valence electrons. The summed E-state index contributed by atoms with van der Waals surface area (Å²) in [6, 6.07) is 16.4. The number of carbonyl (C=O) groups excluding carboxylic acids is 2. The van der Waals surface area contributed by atoms with E-state index >= 15 is 0 Å². The number of carboxylic acid groups (broad SMARTS) is 1. The molecule has 2 aromatic rings. The van der Waals surface area contributed by atoms with Crippen LogP contribution in [0.4, 0.5) is 4.79 Å². The quantitative estimate of drug-likeness (QED) is 0.542. The fourth-order valence-electron chi connectivity index (χ4n) is 6.15. The topological polar surface area (TPSA) is 105 Å². The molecule has 0 radical (unpaired) electrons. The summed E-state index contributed by atoms with van der Waals surface area (Å²) < 4.78 is 5.65. The highest BCUT2D eigenvalue weighted by Crippen LogP contribution is 2.44. The summed E-state index contributed by atoms with van der Waals surface area (Å²) in [5.74, 6) is -1.00. The van der Waals surface area contributed by atoms with Crippen molar-refractivity contribution in [3.8, 4) is 11.1 Å². The molecule has 2 amide bonds. The summed E-state index contributed by atoms with van der Waals surface area (Å²) in [4.78, 5) is 36.8. The molecule has 0 saturated heterocycles. The smallest absolute Gasteiger partial charge is 0.407 e. The van der Waals surface area contributed by atoms with Crippen LogP contribution in [0, 0.1) is 5.92 Å². The first-order chi connectivity index (χ1) is 16.9. The zero-order chi connectivity index (χ0) is 24.4. The normalized spacial score (nSPS) is 22.3. The van der Waals surface area contributed by atoms with Gasteiger partial charge in [-0.3, -0.25) is 4.79 Å². The van der Waals surface area contributed by atoms with Gasteiger partial charge < -0.3 is 20.5 Å². The molecular formula is C28H32N2O5. The summed E-state index contributed by atoms with van der Waals surface area (Å²) in [6.07, 6.45) is 4.78. The fraction of sp³-hybridized carbons (Fsp3) is 0.464. The Bertz CT molecular complexity index is 1080. The van der Waals surface area contributed by atoms with Crippen molar-refractivity contribution < 1.29 is 24.2 Å². The fourth-order valence-corrected chi connectivity index (χ4v) is 6.15. The summed E-state index contributed by atoms with van der Waals surface area (Å²) in [6.45, 7) is 0.273. The van der Waals surface area contributed by atoms with Crippen LogP contribution in [-0.4, -0.2) is 41.3 Å². The van der Waals surface area contributed by atoms with Gasteiger partial charge in [-0.25, -0.2) is 9.59 Å². The van der Waals surface area contributed by atoms with Gasteiger partial charge in [0, 0.05) is 18.4 Å². The molecule has 0 spiro atoms. The number of ether oxygens (including phenoxy) is 1. The second-order valence-corrected chi connectivity index (χ2v) is 10.2. The van der Waals surface area contributed by atoms with E-state index in [1.807, 2.05) is 24.3 Å². The molecule has 2 saturated carbocycles. The second-order valence-electron chi connectivity index (χ2n) is 10.2. The predicted molar refractivity (Wildman–Crippen MR) is 131 cm³/mol. The molecule has 0 aliphatic heterocycles. The number of carboxylic acids is 1. The Balaban J connectivity index is 1.11. The SMILES string of the molecule is O=C(C[C@@H]1CC[C@H](NC(=O)OCC2c3ccccc3-c3ccccc32)C1)NC1(C(=O)O)CCCC1. The maximum absolute atomic E-state index is 12.6. The van der Waals surface area contributed by atoms with Crippen LogP contribution in [0.3, 0.4) is 0 Å². The molecule has 3 aliphatic rings. The van der Waals surface area contributed by atoms with Gasteiger partial charge in [0.1, 0.15) is 12.1 Å². The minimum atomic E-state index is -1.10. The third kappa shape index (κ3) is 4.77. The van der Waals surface area contributed by atoms with Crippen molar-refractivity contribution >= 4 is 18.0 Å². The van der Waals surface area contributed by atoms with E-state index in [1.54, 1.807) is 0 Å². The van der Waals surface area contributed by atoms with E-state index in [1.165, 1.54) is 22.3 Å². The van der Waals surface area contributed by atoms with Gasteiger partial charge in [-0.05, 0) is 60.3 Å². The zero-order valence-electron chi connectivity index (χ0n) is 19.8. The molecule has 0 heterocycles. The van der Waals surface area contributed by atoms with Crippen LogP contribution >= 0.6 is 0 Å². The van der Waals surface area contributed by atoms with Gasteiger partial charge in [-0.2, -0.15) is 0 Å². The Morgan fingerprint density at radius 1 is 0.943 bits per heavy atom. The van der Waals surface area contributed by atoms with E-state index in [0.29, 0.717) is 19.3 Å². The predicted octanol–water partition coefficient (Wildman–Crippen LogP) is 4.60. The summed E-state index contributed by atoms with van der Waals surface area (Å²) in [5.41, 5.74) is 3.63. The molecule has 0 bridgehead atoms. The molecule has 7 heteroatoms. The highest BCUT2D eigenvalue weighted by atomic mass is 16.5. The van der Waals surface area contributed by atoms with Crippen molar-refractivity contribution in [1.29, 1.82) is 0 Å². The first kappa shape index (κ1) is 23.4. The number of hydrogen-bond acceptors (Lipinski definition) is 4. The van der Waals surface area contributed by atoms with E-state index in [9.17, 15) is 19.5 Å². The van der Waals surface area contributed by atoms with Gasteiger partial charge in [-0.15, -0.1) is 0 Å². The molecule has 5 rings (SSSR count). The summed E-state index contributed by atoms with van der Waals surface area (Å²) >= 11 is 0. The Hall–Kier alpha value is -3.35. The first-order valence-electron chi connectivity index (χ1n) is 12.6. The lowest BCUT2D eigenvalue weighted by Crippen LogP contribution is -2.52. The van der Waals surface area contributed by atoms with Gasteiger partial charge in [0.2, 0.25) is 5.91 Å². The number of alkyl carbamates (subject to hydrolysis) is 1.